The fourth-order valence-electron chi connectivity index (χ4n) is 1.93. The molecule has 0 aliphatic heterocycles. The number of H-pyrrole nitrogens is 1. The number of carboxylic acid groups (broad SMARTS) is 1. The minimum atomic E-state index is -1.22. The molecule has 0 unspecified atom stereocenters. The van der Waals surface area contributed by atoms with Crippen molar-refractivity contribution in [1.82, 2.24) is 9.97 Å². The number of amides is 1. The van der Waals surface area contributed by atoms with Crippen molar-refractivity contribution < 1.29 is 14.7 Å². The number of aromatic amines is 1. The van der Waals surface area contributed by atoms with Gasteiger partial charge in [0.05, 0.1) is 6.33 Å². The molecule has 1 aromatic heterocycles. The number of para-hydroxylation sites is 1. The first-order valence-corrected chi connectivity index (χ1v) is 6.17. The van der Waals surface area contributed by atoms with Gasteiger partial charge in [-0.15, -0.1) is 0 Å². The molecule has 0 radical (unpaired) electrons. The number of carbonyl (C=O) groups is 2. The van der Waals surface area contributed by atoms with Crippen LogP contribution in [0, 0.1) is 0 Å². The molecule has 0 saturated heterocycles. The molecule has 6 heteroatoms. The van der Waals surface area contributed by atoms with Crippen LogP contribution in [0.25, 0.3) is 0 Å². The smallest absolute Gasteiger partial charge is 0.354 e. The number of hydrogen-bond acceptors (Lipinski definition) is 3. The van der Waals surface area contributed by atoms with Crippen molar-refractivity contribution in [2.75, 3.05) is 5.32 Å². The summed E-state index contributed by atoms with van der Waals surface area (Å²) in [5.41, 5.74) is 1.29. The number of nitrogens with zero attached hydrogens (tertiary/aromatic N) is 1. The van der Waals surface area contributed by atoms with Crippen molar-refractivity contribution in [3.8, 4) is 0 Å². The highest BCUT2D eigenvalue weighted by Crippen LogP contribution is 2.24. The molecular weight excluding hydrogens is 258 g/mol. The van der Waals surface area contributed by atoms with Crippen LogP contribution in [0.15, 0.2) is 30.6 Å². The zero-order chi connectivity index (χ0) is 14.7. The average Bonchev–Trinajstić information content (AvgIpc) is 2.88. The van der Waals surface area contributed by atoms with E-state index in [0.717, 1.165) is 5.56 Å². The maximum atomic E-state index is 12.1. The van der Waals surface area contributed by atoms with Gasteiger partial charge in [0.1, 0.15) is 0 Å². The van der Waals surface area contributed by atoms with Crippen molar-refractivity contribution in [3.63, 3.8) is 0 Å². The molecule has 1 heterocycles. The molecule has 0 aliphatic rings. The quantitative estimate of drug-likeness (QED) is 0.797. The largest absolute Gasteiger partial charge is 0.477 e. The number of anilines is 1. The maximum Gasteiger partial charge on any atom is 0.354 e. The topological polar surface area (TPSA) is 95.1 Å². The van der Waals surface area contributed by atoms with Crippen LogP contribution >= 0.6 is 0 Å². The van der Waals surface area contributed by atoms with E-state index in [1.807, 2.05) is 32.0 Å². The molecular formula is C14H15N3O3. The summed E-state index contributed by atoms with van der Waals surface area (Å²) in [6.07, 6.45) is 1.19. The second-order valence-corrected chi connectivity index (χ2v) is 4.63. The van der Waals surface area contributed by atoms with Gasteiger partial charge in [0.2, 0.25) is 0 Å². The molecule has 1 amide bonds. The molecule has 0 aliphatic carbocycles. The van der Waals surface area contributed by atoms with E-state index in [1.165, 1.54) is 6.33 Å². The highest BCUT2D eigenvalue weighted by Gasteiger charge is 2.20. The molecule has 3 N–H and O–H groups in total. The van der Waals surface area contributed by atoms with Gasteiger partial charge in [-0.25, -0.2) is 9.78 Å². The van der Waals surface area contributed by atoms with Crippen molar-refractivity contribution in [1.29, 1.82) is 0 Å². The fourth-order valence-corrected chi connectivity index (χ4v) is 1.93. The molecule has 0 bridgehead atoms. The minimum Gasteiger partial charge on any atom is -0.477 e. The van der Waals surface area contributed by atoms with Gasteiger partial charge in [-0.1, -0.05) is 32.0 Å². The Morgan fingerprint density at radius 2 is 2.00 bits per heavy atom. The van der Waals surface area contributed by atoms with Gasteiger partial charge in [-0.3, -0.25) is 4.79 Å². The summed E-state index contributed by atoms with van der Waals surface area (Å²) >= 11 is 0. The van der Waals surface area contributed by atoms with Gasteiger partial charge in [-0.05, 0) is 17.5 Å². The maximum absolute atomic E-state index is 12.1. The Morgan fingerprint density at radius 1 is 1.30 bits per heavy atom. The van der Waals surface area contributed by atoms with Gasteiger partial charge in [0.25, 0.3) is 5.91 Å². The standard InChI is InChI=1S/C14H15N3O3/c1-8(2)9-5-3-4-6-10(9)17-13(18)11-12(14(19)20)16-7-15-11/h3-8H,1-2H3,(H,15,16)(H,17,18)(H,19,20). The summed E-state index contributed by atoms with van der Waals surface area (Å²) in [6.45, 7) is 4.03. The summed E-state index contributed by atoms with van der Waals surface area (Å²) in [6, 6.07) is 7.40. The Balaban J connectivity index is 2.29. The number of aromatic nitrogens is 2. The Labute approximate surface area is 115 Å². The Kier molecular flexibility index (Phi) is 3.84. The minimum absolute atomic E-state index is 0.129. The Hall–Kier alpha value is -2.63. The van der Waals surface area contributed by atoms with Crippen LogP contribution in [0.4, 0.5) is 5.69 Å². The molecule has 1 aromatic carbocycles. The highest BCUT2D eigenvalue weighted by atomic mass is 16.4. The van der Waals surface area contributed by atoms with Gasteiger partial charge in [0.15, 0.2) is 11.4 Å². The summed E-state index contributed by atoms with van der Waals surface area (Å²) in [7, 11) is 0. The number of nitrogens with one attached hydrogen (secondary N) is 2. The first-order chi connectivity index (χ1) is 9.50. The molecule has 0 saturated carbocycles. The summed E-state index contributed by atoms with van der Waals surface area (Å²) < 4.78 is 0. The van der Waals surface area contributed by atoms with Gasteiger partial charge >= 0.3 is 5.97 Å². The number of rotatable bonds is 4. The molecule has 104 valence electrons. The van der Waals surface area contributed by atoms with Crippen molar-refractivity contribution >= 4 is 17.6 Å². The first-order valence-electron chi connectivity index (χ1n) is 6.17. The molecule has 0 atom stereocenters. The van der Waals surface area contributed by atoms with Gasteiger partial charge in [0, 0.05) is 5.69 Å². The van der Waals surface area contributed by atoms with E-state index in [2.05, 4.69) is 15.3 Å². The molecule has 0 spiro atoms. The van der Waals surface area contributed by atoms with E-state index in [0.29, 0.717) is 5.69 Å². The zero-order valence-corrected chi connectivity index (χ0v) is 11.2. The van der Waals surface area contributed by atoms with Crippen LogP contribution in [-0.2, 0) is 0 Å². The lowest BCUT2D eigenvalue weighted by molar-refractivity contribution is 0.0686. The van der Waals surface area contributed by atoms with Crippen LogP contribution in [0.3, 0.4) is 0 Å². The lowest BCUT2D eigenvalue weighted by Gasteiger charge is -2.13. The fraction of sp³-hybridized carbons (Fsp3) is 0.214. The number of imidazole rings is 1. The average molecular weight is 273 g/mol. The summed E-state index contributed by atoms with van der Waals surface area (Å²) in [5, 5.41) is 11.7. The highest BCUT2D eigenvalue weighted by molar-refractivity contribution is 6.08. The Bertz CT molecular complexity index is 647. The lowest BCUT2D eigenvalue weighted by Crippen LogP contribution is -2.17. The van der Waals surface area contributed by atoms with E-state index in [1.54, 1.807) is 6.07 Å². The molecule has 2 rings (SSSR count). The van der Waals surface area contributed by atoms with Crippen LogP contribution in [0.1, 0.15) is 46.3 Å². The third-order valence-corrected chi connectivity index (χ3v) is 2.90. The predicted octanol–water partition coefficient (Wildman–Crippen LogP) is 2.48. The number of hydrogen-bond donors (Lipinski definition) is 3. The number of carboxylic acids is 1. The van der Waals surface area contributed by atoms with Crippen molar-refractivity contribution in [2.45, 2.75) is 19.8 Å². The van der Waals surface area contributed by atoms with E-state index >= 15 is 0 Å². The van der Waals surface area contributed by atoms with E-state index in [-0.39, 0.29) is 17.3 Å². The van der Waals surface area contributed by atoms with E-state index < -0.39 is 11.9 Å². The SMILES string of the molecule is CC(C)c1ccccc1NC(=O)c1nc[nH]c1C(=O)O. The number of aromatic carboxylic acids is 1. The number of carbonyl (C=O) groups excluding carboxylic acids is 1. The second kappa shape index (κ2) is 5.56. The van der Waals surface area contributed by atoms with Crippen LogP contribution in [-0.4, -0.2) is 27.0 Å². The third kappa shape index (κ3) is 2.69. The number of benzene rings is 1. The van der Waals surface area contributed by atoms with E-state index in [4.69, 9.17) is 5.11 Å². The summed E-state index contributed by atoms with van der Waals surface area (Å²) in [4.78, 5) is 29.3. The van der Waals surface area contributed by atoms with E-state index in [9.17, 15) is 9.59 Å². The zero-order valence-electron chi connectivity index (χ0n) is 11.2. The lowest BCUT2D eigenvalue weighted by atomic mass is 10.0. The van der Waals surface area contributed by atoms with Crippen LogP contribution < -0.4 is 5.32 Å². The van der Waals surface area contributed by atoms with Gasteiger partial charge in [-0.2, -0.15) is 0 Å². The van der Waals surface area contributed by atoms with Crippen LogP contribution in [0.5, 0.6) is 0 Å². The first kappa shape index (κ1) is 13.8. The Morgan fingerprint density at radius 3 is 2.65 bits per heavy atom. The summed E-state index contributed by atoms with van der Waals surface area (Å²) in [5.74, 6) is -1.52. The van der Waals surface area contributed by atoms with Crippen molar-refractivity contribution in [2.24, 2.45) is 0 Å². The van der Waals surface area contributed by atoms with Gasteiger partial charge < -0.3 is 15.4 Å². The van der Waals surface area contributed by atoms with Crippen LogP contribution in [0.2, 0.25) is 0 Å². The third-order valence-electron chi connectivity index (χ3n) is 2.90. The second-order valence-electron chi connectivity index (χ2n) is 4.63. The predicted molar refractivity (Wildman–Crippen MR) is 74.0 cm³/mol. The normalized spacial score (nSPS) is 10.6. The van der Waals surface area contributed by atoms with Crippen molar-refractivity contribution in [3.05, 3.63) is 47.5 Å². The molecule has 20 heavy (non-hydrogen) atoms. The monoisotopic (exact) mass is 273 g/mol. The molecule has 2 aromatic rings. The molecule has 6 nitrogen and oxygen atoms in total. The molecule has 0 fully saturated rings.